The maximum atomic E-state index is 13.0. The van der Waals surface area contributed by atoms with Gasteiger partial charge < -0.3 is 10.1 Å². The SMILES string of the molecule is C[C@@H](OC(=O)c1ccccc1Sc1ccc(C(F)(F)F)cc1[N+](=O)[O-])C(=O)NCCC1=CCCCC1. The van der Waals surface area contributed by atoms with Gasteiger partial charge in [0.15, 0.2) is 6.10 Å². The van der Waals surface area contributed by atoms with Crippen LogP contribution in [0.1, 0.15) is 54.9 Å². The van der Waals surface area contributed by atoms with Crippen molar-refractivity contribution in [2.75, 3.05) is 6.54 Å². The number of allylic oxidation sites excluding steroid dienone is 1. The minimum Gasteiger partial charge on any atom is -0.449 e. The molecular formula is C25H25F3N2O5S. The van der Waals surface area contributed by atoms with Crippen LogP contribution in [-0.2, 0) is 15.7 Å². The van der Waals surface area contributed by atoms with Gasteiger partial charge in [0.25, 0.3) is 11.6 Å². The van der Waals surface area contributed by atoms with Gasteiger partial charge in [-0.05, 0) is 63.3 Å². The highest BCUT2D eigenvalue weighted by Gasteiger charge is 2.33. The molecule has 1 N–H and O–H groups in total. The molecule has 7 nitrogen and oxygen atoms in total. The molecule has 0 unspecified atom stereocenters. The number of carbonyl (C=O) groups is 2. The molecular weight excluding hydrogens is 497 g/mol. The molecule has 0 radical (unpaired) electrons. The molecule has 1 aliphatic rings. The molecule has 1 amide bonds. The topological polar surface area (TPSA) is 98.5 Å². The Bertz CT molecular complexity index is 1170. The fraction of sp³-hybridized carbons (Fsp3) is 0.360. The number of benzene rings is 2. The largest absolute Gasteiger partial charge is 0.449 e. The molecule has 0 saturated carbocycles. The number of nitrogens with zero attached hydrogens (tertiary/aromatic N) is 1. The Kier molecular flexibility index (Phi) is 9.14. The van der Waals surface area contributed by atoms with Gasteiger partial charge in [-0.15, -0.1) is 0 Å². The van der Waals surface area contributed by atoms with E-state index in [1.54, 1.807) is 12.1 Å². The van der Waals surface area contributed by atoms with Crippen molar-refractivity contribution in [1.82, 2.24) is 5.32 Å². The first kappa shape index (κ1) is 27.3. The van der Waals surface area contributed by atoms with Crippen LogP contribution in [-0.4, -0.2) is 29.4 Å². The van der Waals surface area contributed by atoms with Crippen LogP contribution in [0, 0.1) is 10.1 Å². The van der Waals surface area contributed by atoms with E-state index >= 15 is 0 Å². The van der Waals surface area contributed by atoms with Gasteiger partial charge in [0.05, 0.1) is 20.9 Å². The number of carbonyl (C=O) groups excluding carboxylic acids is 2. The summed E-state index contributed by atoms with van der Waals surface area (Å²) < 4.78 is 44.3. The van der Waals surface area contributed by atoms with Gasteiger partial charge in [0.1, 0.15) is 0 Å². The summed E-state index contributed by atoms with van der Waals surface area (Å²) >= 11 is 0.765. The Morgan fingerprint density at radius 2 is 1.92 bits per heavy atom. The maximum absolute atomic E-state index is 13.0. The normalized spacial score (nSPS) is 14.5. The summed E-state index contributed by atoms with van der Waals surface area (Å²) in [5, 5.41) is 14.2. The third-order valence-electron chi connectivity index (χ3n) is 5.59. The van der Waals surface area contributed by atoms with E-state index in [2.05, 4.69) is 11.4 Å². The number of alkyl halides is 3. The first-order valence-electron chi connectivity index (χ1n) is 11.4. The van der Waals surface area contributed by atoms with Crippen molar-refractivity contribution in [2.45, 2.75) is 61.1 Å². The lowest BCUT2D eigenvalue weighted by Crippen LogP contribution is -2.36. The van der Waals surface area contributed by atoms with Crippen LogP contribution in [0.5, 0.6) is 0 Å². The molecule has 0 spiro atoms. The Labute approximate surface area is 210 Å². The van der Waals surface area contributed by atoms with E-state index in [-0.39, 0.29) is 15.4 Å². The van der Waals surface area contributed by atoms with E-state index < -0.39 is 40.3 Å². The quantitative estimate of drug-likeness (QED) is 0.179. The molecule has 1 aliphatic carbocycles. The number of nitrogens with one attached hydrogen (secondary N) is 1. The Morgan fingerprint density at radius 1 is 1.17 bits per heavy atom. The number of ether oxygens (including phenoxy) is 1. The molecule has 0 heterocycles. The molecule has 0 fully saturated rings. The van der Waals surface area contributed by atoms with Gasteiger partial charge >= 0.3 is 12.1 Å². The maximum Gasteiger partial charge on any atom is 0.416 e. The molecule has 1 atom stereocenters. The predicted molar refractivity (Wildman–Crippen MR) is 128 cm³/mol. The summed E-state index contributed by atoms with van der Waals surface area (Å²) in [7, 11) is 0. The number of amides is 1. The summed E-state index contributed by atoms with van der Waals surface area (Å²) in [6, 6.07) is 8.22. The van der Waals surface area contributed by atoms with Crippen LogP contribution in [0.2, 0.25) is 0 Å². The third-order valence-corrected chi connectivity index (χ3v) is 6.73. The van der Waals surface area contributed by atoms with E-state index in [9.17, 15) is 32.9 Å². The smallest absolute Gasteiger partial charge is 0.416 e. The summed E-state index contributed by atoms with van der Waals surface area (Å²) in [5.74, 6) is -1.28. The van der Waals surface area contributed by atoms with E-state index in [0.29, 0.717) is 12.6 Å². The second-order valence-corrected chi connectivity index (χ2v) is 9.32. The lowest BCUT2D eigenvalue weighted by molar-refractivity contribution is -0.388. The summed E-state index contributed by atoms with van der Waals surface area (Å²) in [6.45, 7) is 1.86. The van der Waals surface area contributed by atoms with E-state index in [0.717, 1.165) is 49.6 Å². The van der Waals surface area contributed by atoms with Gasteiger partial charge in [-0.3, -0.25) is 14.9 Å². The molecule has 36 heavy (non-hydrogen) atoms. The third kappa shape index (κ3) is 7.33. The molecule has 192 valence electrons. The highest BCUT2D eigenvalue weighted by atomic mass is 32.2. The van der Waals surface area contributed by atoms with Gasteiger partial charge in [-0.25, -0.2) is 4.79 Å². The molecule has 0 aliphatic heterocycles. The first-order valence-corrected chi connectivity index (χ1v) is 12.2. The standard InChI is InChI=1S/C25H25F3N2O5S/c1-16(23(31)29-14-13-17-7-3-2-4-8-17)35-24(32)19-9-5-6-10-21(19)36-22-12-11-18(25(26,27)28)15-20(22)30(33)34/h5-7,9-12,15-16H,2-4,8,13-14H2,1H3,(H,29,31)/t16-/m1/s1. The van der Waals surface area contributed by atoms with Gasteiger partial charge in [-0.1, -0.05) is 35.5 Å². The molecule has 0 aromatic heterocycles. The number of halogens is 3. The van der Waals surface area contributed by atoms with Crippen molar-refractivity contribution in [3.63, 3.8) is 0 Å². The second-order valence-electron chi connectivity index (χ2n) is 8.23. The van der Waals surface area contributed by atoms with E-state index in [4.69, 9.17) is 4.74 Å². The van der Waals surface area contributed by atoms with Crippen molar-refractivity contribution in [3.05, 3.63) is 75.4 Å². The minimum absolute atomic E-state index is 0.0312. The molecule has 0 saturated heterocycles. The van der Waals surface area contributed by atoms with Gasteiger partial charge in [-0.2, -0.15) is 13.2 Å². The van der Waals surface area contributed by atoms with Crippen LogP contribution >= 0.6 is 11.8 Å². The molecule has 0 bridgehead atoms. The van der Waals surface area contributed by atoms with E-state index in [1.165, 1.54) is 31.1 Å². The zero-order valence-electron chi connectivity index (χ0n) is 19.5. The number of nitro benzene ring substituents is 1. The predicted octanol–water partition coefficient (Wildman–Crippen LogP) is 6.32. The monoisotopic (exact) mass is 522 g/mol. The average Bonchev–Trinajstić information content (AvgIpc) is 2.84. The number of nitro groups is 1. The lowest BCUT2D eigenvalue weighted by atomic mass is 9.97. The van der Waals surface area contributed by atoms with Gasteiger partial charge in [0, 0.05) is 17.5 Å². The second kappa shape index (κ2) is 12.1. The van der Waals surface area contributed by atoms with Crippen molar-refractivity contribution < 1.29 is 32.4 Å². The zero-order chi connectivity index (χ0) is 26.3. The lowest BCUT2D eigenvalue weighted by Gasteiger charge is -2.16. The Balaban J connectivity index is 1.68. The van der Waals surface area contributed by atoms with E-state index in [1.807, 2.05) is 0 Å². The van der Waals surface area contributed by atoms with Crippen LogP contribution in [0.25, 0.3) is 0 Å². The average molecular weight is 523 g/mol. The molecule has 2 aromatic rings. The van der Waals surface area contributed by atoms with Gasteiger partial charge in [0.2, 0.25) is 0 Å². The fourth-order valence-corrected chi connectivity index (χ4v) is 4.68. The van der Waals surface area contributed by atoms with Crippen LogP contribution in [0.3, 0.4) is 0 Å². The summed E-state index contributed by atoms with van der Waals surface area (Å²) in [5.41, 5.74) is -0.553. The fourth-order valence-electron chi connectivity index (χ4n) is 3.66. The highest BCUT2D eigenvalue weighted by molar-refractivity contribution is 7.99. The number of hydrogen-bond acceptors (Lipinski definition) is 6. The van der Waals surface area contributed by atoms with Crippen LogP contribution in [0.15, 0.2) is 63.9 Å². The minimum atomic E-state index is -4.74. The van der Waals surface area contributed by atoms with Crippen molar-refractivity contribution in [3.8, 4) is 0 Å². The first-order chi connectivity index (χ1) is 17.1. The van der Waals surface area contributed by atoms with Crippen molar-refractivity contribution >= 4 is 29.3 Å². The van der Waals surface area contributed by atoms with Crippen molar-refractivity contribution in [1.29, 1.82) is 0 Å². The van der Waals surface area contributed by atoms with Crippen LogP contribution in [0.4, 0.5) is 18.9 Å². The Hall–Kier alpha value is -3.34. The molecule has 11 heteroatoms. The van der Waals surface area contributed by atoms with Crippen LogP contribution < -0.4 is 5.32 Å². The number of rotatable bonds is 9. The zero-order valence-corrected chi connectivity index (χ0v) is 20.3. The summed E-state index contributed by atoms with van der Waals surface area (Å²) in [4.78, 5) is 35.8. The number of esters is 1. The number of hydrogen-bond donors (Lipinski definition) is 1. The molecule has 3 rings (SSSR count). The highest BCUT2D eigenvalue weighted by Crippen LogP contribution is 2.40. The molecule has 2 aromatic carbocycles. The summed E-state index contributed by atoms with van der Waals surface area (Å²) in [6.07, 6.45) is 1.48. The Morgan fingerprint density at radius 3 is 2.58 bits per heavy atom. The van der Waals surface area contributed by atoms with Crippen molar-refractivity contribution in [2.24, 2.45) is 0 Å².